The third kappa shape index (κ3) is 3.61. The van der Waals surface area contributed by atoms with Crippen LogP contribution in [0.4, 0.5) is 8.78 Å². The van der Waals surface area contributed by atoms with E-state index in [0.717, 1.165) is 5.56 Å². The Hall–Kier alpha value is -2.54. The topological polar surface area (TPSA) is 60.5 Å². The van der Waals surface area contributed by atoms with Crippen molar-refractivity contribution in [2.75, 3.05) is 20.3 Å². The maximum atomic E-state index is 14.1. The van der Waals surface area contributed by atoms with Crippen molar-refractivity contribution in [3.8, 4) is 5.88 Å². The van der Waals surface area contributed by atoms with E-state index in [1.165, 1.54) is 25.3 Å². The number of amides is 1. The number of rotatable bonds is 6. The van der Waals surface area contributed by atoms with E-state index in [1.54, 1.807) is 12.3 Å². The minimum atomic E-state index is -1.15. The molecule has 5 nitrogen and oxygen atoms in total. The van der Waals surface area contributed by atoms with Crippen molar-refractivity contribution in [1.29, 1.82) is 0 Å². The maximum Gasteiger partial charge on any atom is 0.221 e. The van der Waals surface area contributed by atoms with Gasteiger partial charge in [-0.15, -0.1) is 0 Å². The lowest BCUT2D eigenvalue weighted by atomic mass is 9.86. The third-order valence-electron chi connectivity index (χ3n) is 4.16. The number of hydrogen-bond acceptors (Lipinski definition) is 4. The van der Waals surface area contributed by atoms with Crippen molar-refractivity contribution in [1.82, 2.24) is 10.3 Å². The molecule has 0 saturated carbocycles. The second-order valence-corrected chi connectivity index (χ2v) is 5.93. The number of pyridine rings is 1. The molecule has 1 aromatic carbocycles. The van der Waals surface area contributed by atoms with Crippen LogP contribution in [-0.4, -0.2) is 31.2 Å². The van der Waals surface area contributed by atoms with Crippen LogP contribution in [0.3, 0.4) is 0 Å². The molecule has 7 heteroatoms. The zero-order chi connectivity index (χ0) is 17.9. The summed E-state index contributed by atoms with van der Waals surface area (Å²) in [5, 5.41) is 2.73. The van der Waals surface area contributed by atoms with Gasteiger partial charge >= 0.3 is 0 Å². The van der Waals surface area contributed by atoms with E-state index >= 15 is 0 Å². The first-order chi connectivity index (χ1) is 12.0. The molecule has 2 heterocycles. The molecule has 2 aromatic rings. The van der Waals surface area contributed by atoms with Gasteiger partial charge in [-0.05, 0) is 24.1 Å². The lowest BCUT2D eigenvalue weighted by molar-refractivity contribution is -0.134. The van der Waals surface area contributed by atoms with Crippen LogP contribution in [-0.2, 0) is 21.5 Å². The van der Waals surface area contributed by atoms with Gasteiger partial charge in [-0.25, -0.2) is 13.8 Å². The van der Waals surface area contributed by atoms with Crippen molar-refractivity contribution in [3.05, 3.63) is 59.3 Å². The predicted molar refractivity (Wildman–Crippen MR) is 86.1 cm³/mol. The number of carbonyl (C=O) groups excluding carboxylic acids is 1. The van der Waals surface area contributed by atoms with Crippen LogP contribution in [0.1, 0.15) is 17.5 Å². The van der Waals surface area contributed by atoms with Crippen LogP contribution in [0.2, 0.25) is 0 Å². The summed E-state index contributed by atoms with van der Waals surface area (Å²) in [6.45, 7) is 0.0847. The van der Waals surface area contributed by atoms with Crippen LogP contribution in [0.25, 0.3) is 0 Å². The molecule has 1 saturated heterocycles. The first-order valence-corrected chi connectivity index (χ1v) is 7.86. The van der Waals surface area contributed by atoms with E-state index in [4.69, 9.17) is 9.47 Å². The average Bonchev–Trinajstić information content (AvgIpc) is 2.58. The molecule has 132 valence electrons. The first kappa shape index (κ1) is 17.3. The molecule has 0 unspecified atom stereocenters. The van der Waals surface area contributed by atoms with Crippen molar-refractivity contribution in [2.24, 2.45) is 0 Å². The van der Waals surface area contributed by atoms with Crippen LogP contribution in [0.5, 0.6) is 5.88 Å². The Kier molecular flexibility index (Phi) is 4.94. The number of nitrogens with one attached hydrogen (secondary N) is 1. The number of nitrogens with zero attached hydrogens (tertiary/aromatic N) is 1. The summed E-state index contributed by atoms with van der Waals surface area (Å²) in [4.78, 5) is 16.4. The summed E-state index contributed by atoms with van der Waals surface area (Å²) >= 11 is 0. The molecular formula is C18H18F2N2O3. The number of halogens is 2. The molecule has 1 amide bonds. The monoisotopic (exact) mass is 348 g/mol. The summed E-state index contributed by atoms with van der Waals surface area (Å²) in [7, 11) is 1.53. The number of ether oxygens (including phenoxy) is 2. The number of carbonyl (C=O) groups is 1. The largest absolute Gasteiger partial charge is 0.481 e. The summed E-state index contributed by atoms with van der Waals surface area (Å²) in [6, 6.07) is 7.17. The van der Waals surface area contributed by atoms with E-state index in [0.29, 0.717) is 12.3 Å². The highest BCUT2D eigenvalue weighted by Crippen LogP contribution is 2.33. The normalized spacial score (nSPS) is 15.3. The van der Waals surface area contributed by atoms with Crippen LogP contribution in [0, 0.1) is 11.6 Å². The van der Waals surface area contributed by atoms with Gasteiger partial charge in [-0.3, -0.25) is 4.79 Å². The summed E-state index contributed by atoms with van der Waals surface area (Å²) < 4.78 is 38.2. The summed E-state index contributed by atoms with van der Waals surface area (Å²) in [5.41, 5.74) is -0.433. The standard InChI is InChI=1S/C18H18F2N2O3/c1-24-16-8-6-12(9-21-16)5-7-15(23)22-18(10-25-11-18)17-13(19)3-2-4-14(17)20/h2-4,6,8-9H,5,7,10-11H2,1H3,(H,22,23). The fraction of sp³-hybridized carbons (Fsp3) is 0.333. The van der Waals surface area contributed by atoms with Gasteiger partial charge in [0.25, 0.3) is 0 Å². The van der Waals surface area contributed by atoms with Crippen molar-refractivity contribution in [2.45, 2.75) is 18.4 Å². The smallest absolute Gasteiger partial charge is 0.221 e. The van der Waals surface area contributed by atoms with Gasteiger partial charge in [0.05, 0.1) is 25.9 Å². The summed E-state index contributed by atoms with van der Waals surface area (Å²) in [5.74, 6) is -1.19. The average molecular weight is 348 g/mol. The molecule has 0 radical (unpaired) electrons. The molecule has 25 heavy (non-hydrogen) atoms. The molecule has 1 aromatic heterocycles. The zero-order valence-electron chi connectivity index (χ0n) is 13.7. The lowest BCUT2D eigenvalue weighted by Crippen LogP contribution is -2.60. The Bertz CT molecular complexity index is 741. The maximum absolute atomic E-state index is 14.1. The molecule has 1 aliphatic rings. The fourth-order valence-corrected chi connectivity index (χ4v) is 2.81. The van der Waals surface area contributed by atoms with Crippen molar-refractivity contribution < 1.29 is 23.0 Å². The summed E-state index contributed by atoms with van der Waals surface area (Å²) in [6.07, 6.45) is 2.26. The van der Waals surface area contributed by atoms with Gasteiger partial charge in [-0.1, -0.05) is 12.1 Å². The molecule has 1 aliphatic heterocycles. The van der Waals surface area contributed by atoms with Gasteiger partial charge in [0.15, 0.2) is 0 Å². The molecule has 0 atom stereocenters. The second-order valence-electron chi connectivity index (χ2n) is 5.93. The number of hydrogen-bond donors (Lipinski definition) is 1. The van der Waals surface area contributed by atoms with Crippen LogP contribution in [0.15, 0.2) is 36.5 Å². The minimum Gasteiger partial charge on any atom is -0.481 e. The lowest BCUT2D eigenvalue weighted by Gasteiger charge is -2.42. The highest BCUT2D eigenvalue weighted by Gasteiger charge is 2.45. The Morgan fingerprint density at radius 2 is 2.00 bits per heavy atom. The van der Waals surface area contributed by atoms with E-state index in [-0.39, 0.29) is 31.1 Å². The van der Waals surface area contributed by atoms with Gasteiger partial charge in [0.1, 0.15) is 17.2 Å². The minimum absolute atomic E-state index is 0.0423. The third-order valence-corrected chi connectivity index (χ3v) is 4.16. The first-order valence-electron chi connectivity index (χ1n) is 7.86. The Morgan fingerprint density at radius 3 is 2.52 bits per heavy atom. The Morgan fingerprint density at radius 1 is 1.28 bits per heavy atom. The molecule has 1 N–H and O–H groups in total. The quantitative estimate of drug-likeness (QED) is 0.871. The number of aryl methyl sites for hydroxylation is 1. The molecular weight excluding hydrogens is 330 g/mol. The number of methoxy groups -OCH3 is 1. The molecule has 0 aliphatic carbocycles. The highest BCUT2D eigenvalue weighted by atomic mass is 19.1. The molecule has 0 bridgehead atoms. The van der Waals surface area contributed by atoms with Crippen LogP contribution >= 0.6 is 0 Å². The zero-order valence-corrected chi connectivity index (χ0v) is 13.7. The van der Waals surface area contributed by atoms with Gasteiger partial charge in [0.2, 0.25) is 11.8 Å². The van der Waals surface area contributed by atoms with Crippen molar-refractivity contribution in [3.63, 3.8) is 0 Å². The fourth-order valence-electron chi connectivity index (χ4n) is 2.81. The van der Waals surface area contributed by atoms with Gasteiger partial charge in [0, 0.05) is 18.7 Å². The van der Waals surface area contributed by atoms with Gasteiger partial charge in [-0.2, -0.15) is 0 Å². The van der Waals surface area contributed by atoms with Gasteiger partial charge < -0.3 is 14.8 Å². The van der Waals surface area contributed by atoms with Crippen molar-refractivity contribution >= 4 is 5.91 Å². The SMILES string of the molecule is COc1ccc(CCC(=O)NC2(c3c(F)cccc3F)COC2)cn1. The number of benzene rings is 1. The van der Waals surface area contributed by atoms with E-state index < -0.39 is 17.2 Å². The Labute approximate surface area is 144 Å². The second kappa shape index (κ2) is 7.14. The molecule has 3 rings (SSSR count). The van der Waals surface area contributed by atoms with E-state index in [1.807, 2.05) is 6.07 Å². The number of aromatic nitrogens is 1. The Balaban J connectivity index is 1.66. The van der Waals surface area contributed by atoms with E-state index in [9.17, 15) is 13.6 Å². The van der Waals surface area contributed by atoms with Crippen LogP contribution < -0.4 is 10.1 Å². The molecule has 1 fully saturated rings. The highest BCUT2D eigenvalue weighted by molar-refractivity contribution is 5.77. The molecule has 0 spiro atoms. The predicted octanol–water partition coefficient (Wildman–Crippen LogP) is 2.34. The van der Waals surface area contributed by atoms with E-state index in [2.05, 4.69) is 10.3 Å².